The monoisotopic (exact) mass is 373 g/mol. The molecule has 1 aliphatic rings. The fraction of sp³-hybridized carbons (Fsp3) is 0.947. The van der Waals surface area contributed by atoms with Gasteiger partial charge in [-0.3, -0.25) is 4.99 Å². The summed E-state index contributed by atoms with van der Waals surface area (Å²) in [4.78, 5) is 4.68. The molecule has 0 spiro atoms. The number of aliphatic imine (C=N–C) groups is 1. The maximum absolute atomic E-state index is 11.4. The summed E-state index contributed by atoms with van der Waals surface area (Å²) < 4.78 is 22.7. The van der Waals surface area contributed by atoms with Crippen LogP contribution in [-0.4, -0.2) is 46.0 Å². The summed E-state index contributed by atoms with van der Waals surface area (Å²) in [5.74, 6) is 2.78. The van der Waals surface area contributed by atoms with Crippen LogP contribution in [0, 0.1) is 17.3 Å². The molecule has 0 amide bonds. The first-order valence-corrected chi connectivity index (χ1v) is 11.9. The van der Waals surface area contributed by atoms with Crippen LogP contribution in [0.1, 0.15) is 66.2 Å². The zero-order valence-corrected chi connectivity index (χ0v) is 17.7. The van der Waals surface area contributed by atoms with Gasteiger partial charge < -0.3 is 10.6 Å². The van der Waals surface area contributed by atoms with E-state index in [1.807, 2.05) is 0 Å². The lowest BCUT2D eigenvalue weighted by atomic mass is 9.81. The lowest BCUT2D eigenvalue weighted by molar-refractivity contribution is 0.270. The smallest absolute Gasteiger partial charge is 0.191 e. The normalized spacial score (nSPS) is 22.7. The first-order chi connectivity index (χ1) is 11.6. The van der Waals surface area contributed by atoms with Crippen LogP contribution in [0.5, 0.6) is 0 Å². The van der Waals surface area contributed by atoms with Gasteiger partial charge in [-0.2, -0.15) is 0 Å². The van der Waals surface area contributed by atoms with Crippen molar-refractivity contribution in [1.29, 1.82) is 0 Å². The number of sulfone groups is 1. The summed E-state index contributed by atoms with van der Waals surface area (Å²) in [5.41, 5.74) is -0.121. The summed E-state index contributed by atoms with van der Waals surface area (Å²) in [6, 6.07) is 0. The van der Waals surface area contributed by atoms with Crippen LogP contribution in [0.3, 0.4) is 0 Å². The third kappa shape index (κ3) is 10.7. The molecule has 0 aromatic rings. The highest BCUT2D eigenvalue weighted by Gasteiger charge is 2.21. The Hall–Kier alpha value is -0.780. The van der Waals surface area contributed by atoms with Crippen molar-refractivity contribution in [2.75, 3.05) is 31.6 Å². The van der Waals surface area contributed by atoms with Crippen LogP contribution in [0.25, 0.3) is 0 Å². The van der Waals surface area contributed by atoms with Crippen LogP contribution < -0.4 is 10.6 Å². The Morgan fingerprint density at radius 2 is 1.96 bits per heavy atom. The van der Waals surface area contributed by atoms with E-state index >= 15 is 0 Å². The van der Waals surface area contributed by atoms with Gasteiger partial charge >= 0.3 is 0 Å². The average molecular weight is 374 g/mol. The van der Waals surface area contributed by atoms with E-state index in [9.17, 15) is 8.42 Å². The molecular weight excluding hydrogens is 334 g/mol. The molecule has 25 heavy (non-hydrogen) atoms. The van der Waals surface area contributed by atoms with Crippen molar-refractivity contribution in [1.82, 2.24) is 10.6 Å². The lowest BCUT2D eigenvalue weighted by Crippen LogP contribution is -2.39. The van der Waals surface area contributed by atoms with Gasteiger partial charge in [0, 0.05) is 25.9 Å². The van der Waals surface area contributed by atoms with E-state index in [0.717, 1.165) is 30.9 Å². The van der Waals surface area contributed by atoms with E-state index in [1.165, 1.54) is 38.4 Å². The molecule has 0 radical (unpaired) electrons. The Morgan fingerprint density at radius 3 is 2.56 bits per heavy atom. The molecule has 2 N–H and O–H groups in total. The van der Waals surface area contributed by atoms with Crippen molar-refractivity contribution >= 4 is 15.8 Å². The molecule has 5 nitrogen and oxygen atoms in total. The molecule has 0 aliphatic heterocycles. The second-order valence-corrected chi connectivity index (χ2v) is 10.9. The molecule has 2 unspecified atom stereocenters. The van der Waals surface area contributed by atoms with E-state index in [4.69, 9.17) is 0 Å². The highest BCUT2D eigenvalue weighted by Crippen LogP contribution is 2.30. The first kappa shape index (κ1) is 22.3. The van der Waals surface area contributed by atoms with Crippen LogP contribution in [0.4, 0.5) is 0 Å². The predicted molar refractivity (Wildman–Crippen MR) is 108 cm³/mol. The highest BCUT2D eigenvalue weighted by molar-refractivity contribution is 7.90. The predicted octanol–water partition coefficient (Wildman–Crippen LogP) is 3.22. The molecule has 0 bridgehead atoms. The standard InChI is InChI=1S/C19H39N3O2S/c1-6-20-18(21-12-10-17-9-7-8-16(2)14-17)22-15-19(3,4)11-13-25(5,23)24/h16-17H,6-15H2,1-5H3,(H2,20,21,22). The van der Waals surface area contributed by atoms with Gasteiger partial charge in [0.15, 0.2) is 5.96 Å². The van der Waals surface area contributed by atoms with Crippen molar-refractivity contribution in [2.24, 2.45) is 22.2 Å². The van der Waals surface area contributed by atoms with Crippen LogP contribution >= 0.6 is 0 Å². The topological polar surface area (TPSA) is 70.6 Å². The fourth-order valence-corrected chi connectivity index (χ4v) is 4.32. The fourth-order valence-electron chi connectivity index (χ4n) is 3.39. The quantitative estimate of drug-likeness (QED) is 0.481. The summed E-state index contributed by atoms with van der Waals surface area (Å²) >= 11 is 0. The number of guanidine groups is 1. The van der Waals surface area contributed by atoms with Crippen molar-refractivity contribution < 1.29 is 8.42 Å². The number of nitrogens with zero attached hydrogens (tertiary/aromatic N) is 1. The maximum Gasteiger partial charge on any atom is 0.191 e. The Morgan fingerprint density at radius 1 is 1.24 bits per heavy atom. The lowest BCUT2D eigenvalue weighted by Gasteiger charge is -2.27. The zero-order valence-electron chi connectivity index (χ0n) is 16.9. The molecule has 2 atom stereocenters. The molecule has 1 aliphatic carbocycles. The number of hydrogen-bond donors (Lipinski definition) is 2. The summed E-state index contributed by atoms with van der Waals surface area (Å²) in [6.45, 7) is 11.0. The third-order valence-corrected chi connectivity index (χ3v) is 5.99. The molecule has 1 saturated carbocycles. The number of hydrogen-bond acceptors (Lipinski definition) is 3. The molecule has 1 fully saturated rings. The van der Waals surface area contributed by atoms with Crippen LogP contribution in [0.2, 0.25) is 0 Å². The van der Waals surface area contributed by atoms with Gasteiger partial charge in [0.2, 0.25) is 0 Å². The van der Waals surface area contributed by atoms with E-state index in [-0.39, 0.29) is 11.2 Å². The van der Waals surface area contributed by atoms with E-state index < -0.39 is 9.84 Å². The average Bonchev–Trinajstić information content (AvgIpc) is 2.50. The Labute approximate surface area is 155 Å². The summed E-state index contributed by atoms with van der Waals surface area (Å²) in [5, 5.41) is 6.74. The summed E-state index contributed by atoms with van der Waals surface area (Å²) in [6.07, 6.45) is 8.60. The molecule has 148 valence electrons. The molecule has 0 saturated heterocycles. The van der Waals surface area contributed by atoms with E-state index in [1.54, 1.807) is 0 Å². The number of nitrogens with one attached hydrogen (secondary N) is 2. The van der Waals surface area contributed by atoms with E-state index in [0.29, 0.717) is 13.0 Å². The maximum atomic E-state index is 11.4. The number of rotatable bonds is 9. The molecule has 0 heterocycles. The zero-order chi connectivity index (χ0) is 18.9. The minimum Gasteiger partial charge on any atom is -0.357 e. The minimum absolute atomic E-state index is 0.121. The SMILES string of the molecule is CCNC(=NCC(C)(C)CCS(C)(=O)=O)NCCC1CCCC(C)C1. The molecule has 0 aromatic carbocycles. The van der Waals surface area contributed by atoms with Gasteiger partial charge in [-0.15, -0.1) is 0 Å². The van der Waals surface area contributed by atoms with Crippen molar-refractivity contribution in [3.63, 3.8) is 0 Å². The third-order valence-electron chi connectivity index (χ3n) is 5.05. The minimum atomic E-state index is -2.92. The van der Waals surface area contributed by atoms with Gasteiger partial charge in [-0.1, -0.05) is 40.0 Å². The Balaban J connectivity index is 2.44. The second-order valence-electron chi connectivity index (χ2n) is 8.59. The van der Waals surface area contributed by atoms with Crippen LogP contribution in [-0.2, 0) is 9.84 Å². The van der Waals surface area contributed by atoms with Gasteiger partial charge in [0.1, 0.15) is 9.84 Å². The van der Waals surface area contributed by atoms with Crippen LogP contribution in [0.15, 0.2) is 4.99 Å². The Kier molecular flexibility index (Phi) is 9.25. The first-order valence-electron chi connectivity index (χ1n) is 9.81. The Bertz CT molecular complexity index is 515. The largest absolute Gasteiger partial charge is 0.357 e. The molecule has 1 rings (SSSR count). The van der Waals surface area contributed by atoms with Gasteiger partial charge in [-0.25, -0.2) is 8.42 Å². The van der Waals surface area contributed by atoms with Gasteiger partial charge in [-0.05, 0) is 43.4 Å². The molecular formula is C19H39N3O2S. The van der Waals surface area contributed by atoms with Crippen molar-refractivity contribution in [3.05, 3.63) is 0 Å². The van der Waals surface area contributed by atoms with Gasteiger partial charge in [0.25, 0.3) is 0 Å². The van der Waals surface area contributed by atoms with E-state index in [2.05, 4.69) is 43.3 Å². The van der Waals surface area contributed by atoms with Crippen molar-refractivity contribution in [3.8, 4) is 0 Å². The molecule has 6 heteroatoms. The summed E-state index contributed by atoms with van der Waals surface area (Å²) in [7, 11) is -2.92. The molecule has 0 aromatic heterocycles. The van der Waals surface area contributed by atoms with Gasteiger partial charge in [0.05, 0.1) is 5.75 Å². The highest BCUT2D eigenvalue weighted by atomic mass is 32.2. The van der Waals surface area contributed by atoms with Crippen molar-refractivity contribution in [2.45, 2.75) is 66.2 Å². The second kappa shape index (κ2) is 10.4.